The summed E-state index contributed by atoms with van der Waals surface area (Å²) in [6, 6.07) is 5.89. The Labute approximate surface area is 101 Å². The van der Waals surface area contributed by atoms with Gasteiger partial charge in [0, 0.05) is 5.56 Å². The van der Waals surface area contributed by atoms with E-state index in [1.165, 1.54) is 19.2 Å². The molecule has 0 aromatic heterocycles. The lowest BCUT2D eigenvalue weighted by atomic mass is 10.1. The molecule has 17 heavy (non-hydrogen) atoms. The summed E-state index contributed by atoms with van der Waals surface area (Å²) in [7, 11) is 1.51. The number of alkyl halides is 2. The molecule has 0 aliphatic rings. The number of nitrogens with one attached hydrogen (secondary N) is 1. The summed E-state index contributed by atoms with van der Waals surface area (Å²) in [5.41, 5.74) is 0.00885. The molecule has 96 valence electrons. The normalized spacial score (nSPS) is 11.9. The Morgan fingerprint density at radius 2 is 1.82 bits per heavy atom. The third-order valence-corrected chi connectivity index (χ3v) is 2.41. The van der Waals surface area contributed by atoms with E-state index < -0.39 is 5.92 Å². The maximum atomic E-state index is 13.7. The van der Waals surface area contributed by atoms with Crippen molar-refractivity contribution in [3.05, 3.63) is 29.8 Å². The average Bonchev–Trinajstić information content (AvgIpc) is 2.28. The molecule has 0 heterocycles. The van der Waals surface area contributed by atoms with Crippen molar-refractivity contribution in [2.24, 2.45) is 5.92 Å². The molecular formula is C13H19F2NO. The lowest BCUT2D eigenvalue weighted by molar-refractivity contribution is -0.00356. The Hall–Kier alpha value is -1.16. The monoisotopic (exact) mass is 243 g/mol. The van der Waals surface area contributed by atoms with Gasteiger partial charge in [-0.3, -0.25) is 0 Å². The Bertz CT molecular complexity index is 336. The molecule has 1 aromatic rings. The Morgan fingerprint density at radius 3 is 2.29 bits per heavy atom. The van der Waals surface area contributed by atoms with Crippen molar-refractivity contribution in [2.45, 2.75) is 19.8 Å². The van der Waals surface area contributed by atoms with Crippen molar-refractivity contribution in [1.82, 2.24) is 5.32 Å². The largest absolute Gasteiger partial charge is 0.497 e. The molecular weight excluding hydrogens is 224 g/mol. The molecule has 0 amide bonds. The van der Waals surface area contributed by atoms with E-state index in [4.69, 9.17) is 4.74 Å². The van der Waals surface area contributed by atoms with E-state index in [1.54, 1.807) is 12.1 Å². The third-order valence-electron chi connectivity index (χ3n) is 2.41. The molecule has 0 radical (unpaired) electrons. The van der Waals surface area contributed by atoms with Crippen LogP contribution >= 0.6 is 0 Å². The van der Waals surface area contributed by atoms with Gasteiger partial charge in [-0.15, -0.1) is 0 Å². The highest BCUT2D eigenvalue weighted by Crippen LogP contribution is 2.28. The van der Waals surface area contributed by atoms with Crippen LogP contribution in [0.25, 0.3) is 0 Å². The summed E-state index contributed by atoms with van der Waals surface area (Å²) >= 11 is 0. The highest BCUT2D eigenvalue weighted by Gasteiger charge is 2.30. The summed E-state index contributed by atoms with van der Waals surface area (Å²) in [4.78, 5) is 0. The van der Waals surface area contributed by atoms with Crippen molar-refractivity contribution in [1.29, 1.82) is 0 Å². The zero-order valence-corrected chi connectivity index (χ0v) is 10.5. The van der Waals surface area contributed by atoms with Gasteiger partial charge in [0.05, 0.1) is 13.7 Å². The van der Waals surface area contributed by atoms with Crippen LogP contribution in [0.1, 0.15) is 19.4 Å². The molecule has 0 saturated heterocycles. The molecule has 0 bridgehead atoms. The zero-order chi connectivity index (χ0) is 12.9. The summed E-state index contributed by atoms with van der Waals surface area (Å²) in [6.07, 6.45) is 0. The minimum Gasteiger partial charge on any atom is -0.497 e. The first-order valence-electron chi connectivity index (χ1n) is 5.69. The molecule has 0 fully saturated rings. The van der Waals surface area contributed by atoms with Crippen molar-refractivity contribution in [3.8, 4) is 5.75 Å². The van der Waals surface area contributed by atoms with Crippen LogP contribution in [0.5, 0.6) is 5.75 Å². The number of rotatable bonds is 6. The number of methoxy groups -OCH3 is 1. The predicted octanol–water partition coefficient (Wildman–Crippen LogP) is 3.03. The molecule has 0 saturated carbocycles. The molecule has 2 nitrogen and oxygen atoms in total. The second kappa shape index (κ2) is 5.96. The first-order valence-corrected chi connectivity index (χ1v) is 5.69. The van der Waals surface area contributed by atoms with Gasteiger partial charge in [0.1, 0.15) is 5.75 Å². The van der Waals surface area contributed by atoms with Gasteiger partial charge in [0.15, 0.2) is 0 Å². The van der Waals surface area contributed by atoms with Crippen molar-refractivity contribution >= 4 is 0 Å². The maximum Gasteiger partial charge on any atom is 0.285 e. The van der Waals surface area contributed by atoms with Gasteiger partial charge in [0.2, 0.25) is 0 Å². The fraction of sp³-hybridized carbons (Fsp3) is 0.538. The second-order valence-electron chi connectivity index (χ2n) is 4.46. The first-order chi connectivity index (χ1) is 7.95. The molecule has 0 unspecified atom stereocenters. The molecule has 4 heteroatoms. The van der Waals surface area contributed by atoms with Gasteiger partial charge >= 0.3 is 0 Å². The van der Waals surface area contributed by atoms with Gasteiger partial charge in [-0.1, -0.05) is 13.8 Å². The van der Waals surface area contributed by atoms with E-state index in [1.807, 2.05) is 13.8 Å². The van der Waals surface area contributed by atoms with E-state index in [-0.39, 0.29) is 12.1 Å². The standard InChI is InChI=1S/C13H19F2NO/c1-10(2)8-16-9-13(14,15)11-4-6-12(17-3)7-5-11/h4-7,10,16H,8-9H2,1-3H3. The minimum atomic E-state index is -2.85. The van der Waals surface area contributed by atoms with Crippen LogP contribution < -0.4 is 10.1 Å². The van der Waals surface area contributed by atoms with Crippen LogP contribution in [0.3, 0.4) is 0 Å². The molecule has 1 rings (SSSR count). The Morgan fingerprint density at radius 1 is 1.24 bits per heavy atom. The third kappa shape index (κ3) is 4.30. The van der Waals surface area contributed by atoms with Crippen molar-refractivity contribution < 1.29 is 13.5 Å². The van der Waals surface area contributed by atoms with Crippen molar-refractivity contribution in [3.63, 3.8) is 0 Å². The average molecular weight is 243 g/mol. The summed E-state index contributed by atoms with van der Waals surface area (Å²) in [5, 5.41) is 2.77. The van der Waals surface area contributed by atoms with Gasteiger partial charge in [-0.25, -0.2) is 0 Å². The van der Waals surface area contributed by atoms with Gasteiger partial charge < -0.3 is 10.1 Å². The van der Waals surface area contributed by atoms with E-state index >= 15 is 0 Å². The number of halogens is 2. The zero-order valence-electron chi connectivity index (χ0n) is 10.5. The Balaban J connectivity index is 2.61. The topological polar surface area (TPSA) is 21.3 Å². The Kier molecular flexibility index (Phi) is 4.87. The number of benzene rings is 1. The van der Waals surface area contributed by atoms with Crippen LogP contribution in [0.2, 0.25) is 0 Å². The molecule has 1 N–H and O–H groups in total. The highest BCUT2D eigenvalue weighted by molar-refractivity contribution is 5.29. The molecule has 1 aromatic carbocycles. The van der Waals surface area contributed by atoms with E-state index in [0.717, 1.165) is 0 Å². The predicted molar refractivity (Wildman–Crippen MR) is 64.6 cm³/mol. The lowest BCUT2D eigenvalue weighted by Crippen LogP contribution is -2.32. The number of hydrogen-bond acceptors (Lipinski definition) is 2. The SMILES string of the molecule is COc1ccc(C(F)(F)CNCC(C)C)cc1. The fourth-order valence-corrected chi connectivity index (χ4v) is 1.45. The van der Waals surface area contributed by atoms with E-state index in [0.29, 0.717) is 18.2 Å². The van der Waals surface area contributed by atoms with Crippen LogP contribution in [0.4, 0.5) is 8.78 Å². The summed E-state index contributed by atoms with van der Waals surface area (Å²) in [6.45, 7) is 4.22. The lowest BCUT2D eigenvalue weighted by Gasteiger charge is -2.18. The van der Waals surface area contributed by atoms with E-state index in [2.05, 4.69) is 5.32 Å². The smallest absolute Gasteiger partial charge is 0.285 e. The minimum absolute atomic E-state index is 0.00885. The summed E-state index contributed by atoms with van der Waals surface area (Å²) < 4.78 is 32.4. The van der Waals surface area contributed by atoms with Gasteiger partial charge in [-0.05, 0) is 36.7 Å². The van der Waals surface area contributed by atoms with Gasteiger partial charge in [-0.2, -0.15) is 8.78 Å². The van der Waals surface area contributed by atoms with Crippen LogP contribution in [-0.4, -0.2) is 20.2 Å². The summed E-state index contributed by atoms with van der Waals surface area (Å²) in [5.74, 6) is -1.90. The van der Waals surface area contributed by atoms with E-state index in [9.17, 15) is 8.78 Å². The van der Waals surface area contributed by atoms with Crippen LogP contribution in [-0.2, 0) is 5.92 Å². The second-order valence-corrected chi connectivity index (χ2v) is 4.46. The number of ether oxygens (including phenoxy) is 1. The number of hydrogen-bond donors (Lipinski definition) is 1. The first kappa shape index (κ1) is 13.9. The quantitative estimate of drug-likeness (QED) is 0.829. The van der Waals surface area contributed by atoms with Crippen molar-refractivity contribution in [2.75, 3.05) is 20.2 Å². The molecule has 0 aliphatic carbocycles. The molecule has 0 aliphatic heterocycles. The van der Waals surface area contributed by atoms with Gasteiger partial charge in [0.25, 0.3) is 5.92 Å². The van der Waals surface area contributed by atoms with Crippen LogP contribution in [0.15, 0.2) is 24.3 Å². The van der Waals surface area contributed by atoms with Crippen LogP contribution in [0, 0.1) is 5.92 Å². The maximum absolute atomic E-state index is 13.7. The highest BCUT2D eigenvalue weighted by atomic mass is 19.3. The molecule has 0 spiro atoms. The fourth-order valence-electron chi connectivity index (χ4n) is 1.45. The molecule has 0 atom stereocenters.